The summed E-state index contributed by atoms with van der Waals surface area (Å²) in [5.41, 5.74) is 3.82. The van der Waals surface area contributed by atoms with Gasteiger partial charge in [0.1, 0.15) is 6.54 Å². The summed E-state index contributed by atoms with van der Waals surface area (Å²) in [4.78, 5) is 10.5. The van der Waals surface area contributed by atoms with Gasteiger partial charge in [0.2, 0.25) is 11.6 Å². The van der Waals surface area contributed by atoms with Crippen LogP contribution in [0, 0.1) is 13.8 Å². The van der Waals surface area contributed by atoms with E-state index in [1.54, 1.807) is 4.80 Å². The summed E-state index contributed by atoms with van der Waals surface area (Å²) in [5, 5.41) is 12.7. The van der Waals surface area contributed by atoms with Crippen molar-refractivity contribution in [2.45, 2.75) is 20.4 Å². The molecular weight excluding hydrogens is 370 g/mol. The molecule has 3 aromatic heterocycles. The molecule has 1 aromatic carbocycles. The van der Waals surface area contributed by atoms with Crippen LogP contribution in [0.3, 0.4) is 0 Å². The van der Waals surface area contributed by atoms with E-state index in [9.17, 15) is 0 Å². The average molecular weight is 384 g/mol. The highest BCUT2D eigenvalue weighted by Gasteiger charge is 2.10. The van der Waals surface area contributed by atoms with Gasteiger partial charge in [-0.1, -0.05) is 15.9 Å². The second-order valence-corrected chi connectivity index (χ2v) is 6.51. The van der Waals surface area contributed by atoms with Crippen LogP contribution in [0.2, 0.25) is 0 Å². The first-order chi connectivity index (χ1) is 11.6. The molecule has 0 bridgehead atoms. The molecule has 0 aliphatic rings. The van der Waals surface area contributed by atoms with Crippen molar-refractivity contribution in [1.82, 2.24) is 34.6 Å². The van der Waals surface area contributed by atoms with Crippen LogP contribution in [-0.2, 0) is 6.54 Å². The molecule has 120 valence electrons. The lowest BCUT2D eigenvalue weighted by atomic mass is 10.2. The second-order valence-electron chi connectivity index (χ2n) is 5.59. The number of halogens is 1. The molecule has 0 aliphatic heterocycles. The largest absolute Gasteiger partial charge is 0.288 e. The number of hydrogen-bond acceptors (Lipinski definition) is 5. The Labute approximate surface area is 146 Å². The Bertz CT molecular complexity index is 1020. The van der Waals surface area contributed by atoms with E-state index >= 15 is 0 Å². The van der Waals surface area contributed by atoms with Crippen molar-refractivity contribution >= 4 is 21.7 Å². The van der Waals surface area contributed by atoms with Crippen LogP contribution in [0.25, 0.3) is 17.2 Å². The lowest BCUT2D eigenvalue weighted by Crippen LogP contribution is -2.04. The van der Waals surface area contributed by atoms with Crippen molar-refractivity contribution in [1.29, 1.82) is 0 Å². The first-order valence-electron chi connectivity index (χ1n) is 7.44. The SMILES string of the molecule is Cc1cc(C)n2cc(Cn3nnc(-c4ccc(Br)cc4)n3)nc2n1. The van der Waals surface area contributed by atoms with Crippen LogP contribution in [-0.4, -0.2) is 34.6 Å². The van der Waals surface area contributed by atoms with E-state index in [0.717, 1.165) is 27.1 Å². The second kappa shape index (κ2) is 5.79. The minimum Gasteiger partial charge on any atom is -0.288 e. The Hall–Kier alpha value is -2.61. The van der Waals surface area contributed by atoms with E-state index in [0.29, 0.717) is 18.1 Å². The van der Waals surface area contributed by atoms with Gasteiger partial charge in [0, 0.05) is 27.6 Å². The van der Waals surface area contributed by atoms with Crippen LogP contribution in [0.15, 0.2) is 41.0 Å². The molecule has 0 saturated carbocycles. The number of tetrazole rings is 1. The fourth-order valence-electron chi connectivity index (χ4n) is 2.56. The summed E-state index contributed by atoms with van der Waals surface area (Å²) in [6, 6.07) is 9.83. The predicted molar refractivity (Wildman–Crippen MR) is 92.5 cm³/mol. The summed E-state index contributed by atoms with van der Waals surface area (Å²) in [6.07, 6.45) is 1.96. The normalized spacial score (nSPS) is 11.3. The zero-order valence-corrected chi connectivity index (χ0v) is 14.8. The Kier molecular flexibility index (Phi) is 3.61. The van der Waals surface area contributed by atoms with Gasteiger partial charge in [-0.2, -0.15) is 4.80 Å². The van der Waals surface area contributed by atoms with Gasteiger partial charge in [0.15, 0.2) is 0 Å². The van der Waals surface area contributed by atoms with E-state index in [4.69, 9.17) is 0 Å². The summed E-state index contributed by atoms with van der Waals surface area (Å²) in [7, 11) is 0. The Morgan fingerprint density at radius 3 is 2.67 bits per heavy atom. The van der Waals surface area contributed by atoms with Gasteiger partial charge in [-0.15, -0.1) is 10.2 Å². The summed E-state index contributed by atoms with van der Waals surface area (Å²) in [5.74, 6) is 1.28. The number of benzene rings is 1. The highest BCUT2D eigenvalue weighted by atomic mass is 79.9. The van der Waals surface area contributed by atoms with Crippen molar-refractivity contribution in [3.63, 3.8) is 0 Å². The van der Waals surface area contributed by atoms with E-state index in [1.807, 2.05) is 54.8 Å². The zero-order chi connectivity index (χ0) is 16.7. The molecule has 7 nitrogen and oxygen atoms in total. The molecule has 0 aliphatic carbocycles. The van der Waals surface area contributed by atoms with E-state index < -0.39 is 0 Å². The van der Waals surface area contributed by atoms with Crippen LogP contribution in [0.5, 0.6) is 0 Å². The van der Waals surface area contributed by atoms with Gasteiger partial charge in [0.05, 0.1) is 5.69 Å². The van der Waals surface area contributed by atoms with Gasteiger partial charge in [-0.3, -0.25) is 4.40 Å². The van der Waals surface area contributed by atoms with Crippen molar-refractivity contribution in [3.05, 3.63) is 58.1 Å². The summed E-state index contributed by atoms with van der Waals surface area (Å²) in [6.45, 7) is 4.45. The molecule has 0 unspecified atom stereocenters. The number of fused-ring (bicyclic) bond motifs is 1. The van der Waals surface area contributed by atoms with Gasteiger partial charge < -0.3 is 0 Å². The Morgan fingerprint density at radius 2 is 1.88 bits per heavy atom. The minimum absolute atomic E-state index is 0.450. The topological polar surface area (TPSA) is 73.8 Å². The molecule has 0 atom stereocenters. The number of aromatic nitrogens is 7. The van der Waals surface area contributed by atoms with Gasteiger partial charge in [-0.25, -0.2) is 9.97 Å². The molecule has 0 spiro atoms. The number of rotatable bonds is 3. The highest BCUT2D eigenvalue weighted by molar-refractivity contribution is 9.10. The monoisotopic (exact) mass is 383 g/mol. The standard InChI is InChI=1S/C16H14BrN7/c1-10-7-11(2)23-8-14(19-16(23)18-10)9-24-21-15(20-22-24)12-3-5-13(17)6-4-12/h3-8H,9H2,1-2H3. The predicted octanol–water partition coefficient (Wildman–Crippen LogP) is 2.81. The maximum atomic E-state index is 4.54. The number of hydrogen-bond donors (Lipinski definition) is 0. The molecular formula is C16H14BrN7. The molecule has 24 heavy (non-hydrogen) atoms. The first-order valence-corrected chi connectivity index (χ1v) is 8.24. The fraction of sp³-hybridized carbons (Fsp3) is 0.188. The van der Waals surface area contributed by atoms with Crippen LogP contribution < -0.4 is 0 Å². The highest BCUT2D eigenvalue weighted by Crippen LogP contribution is 2.17. The minimum atomic E-state index is 0.450. The molecule has 3 heterocycles. The number of nitrogens with zero attached hydrogens (tertiary/aromatic N) is 7. The van der Waals surface area contributed by atoms with Gasteiger partial charge in [0.25, 0.3) is 0 Å². The maximum Gasteiger partial charge on any atom is 0.234 e. The fourth-order valence-corrected chi connectivity index (χ4v) is 2.83. The molecule has 0 fully saturated rings. The average Bonchev–Trinajstić information content (AvgIpc) is 3.15. The van der Waals surface area contributed by atoms with Gasteiger partial charge in [-0.05, 0) is 49.4 Å². The molecule has 0 radical (unpaired) electrons. The van der Waals surface area contributed by atoms with Gasteiger partial charge >= 0.3 is 0 Å². The third-order valence-electron chi connectivity index (χ3n) is 3.67. The summed E-state index contributed by atoms with van der Waals surface area (Å²) < 4.78 is 2.98. The molecule has 0 saturated heterocycles. The van der Waals surface area contributed by atoms with Crippen molar-refractivity contribution < 1.29 is 0 Å². The quantitative estimate of drug-likeness (QED) is 0.543. The molecule has 8 heteroatoms. The number of aryl methyl sites for hydroxylation is 2. The van der Waals surface area contributed by atoms with Crippen LogP contribution >= 0.6 is 15.9 Å². The van der Waals surface area contributed by atoms with Crippen molar-refractivity contribution in [3.8, 4) is 11.4 Å². The van der Waals surface area contributed by atoms with Crippen LogP contribution in [0.4, 0.5) is 0 Å². The molecule has 0 N–H and O–H groups in total. The smallest absolute Gasteiger partial charge is 0.234 e. The lowest BCUT2D eigenvalue weighted by Gasteiger charge is -1.98. The van der Waals surface area contributed by atoms with E-state index in [-0.39, 0.29) is 0 Å². The number of imidazole rings is 1. The van der Waals surface area contributed by atoms with E-state index in [2.05, 4.69) is 41.3 Å². The van der Waals surface area contributed by atoms with Crippen LogP contribution in [0.1, 0.15) is 17.1 Å². The lowest BCUT2D eigenvalue weighted by molar-refractivity contribution is 0.566. The van der Waals surface area contributed by atoms with Crippen molar-refractivity contribution in [2.75, 3.05) is 0 Å². The van der Waals surface area contributed by atoms with Crippen molar-refractivity contribution in [2.24, 2.45) is 0 Å². The first kappa shape index (κ1) is 14.9. The maximum absolute atomic E-state index is 4.54. The summed E-state index contributed by atoms with van der Waals surface area (Å²) >= 11 is 3.42. The van der Waals surface area contributed by atoms with E-state index in [1.165, 1.54) is 0 Å². The zero-order valence-electron chi connectivity index (χ0n) is 13.2. The third-order valence-corrected chi connectivity index (χ3v) is 4.20. The molecule has 0 amide bonds. The Balaban J connectivity index is 1.62. The molecule has 4 aromatic rings. The third kappa shape index (κ3) is 2.80. The molecule has 4 rings (SSSR count). The Morgan fingerprint density at radius 1 is 1.08 bits per heavy atom.